The third kappa shape index (κ3) is 12.1. The highest BCUT2D eigenvalue weighted by Gasteiger charge is 2.26. The number of hydrogen-bond donors (Lipinski definition) is 4. The van der Waals surface area contributed by atoms with Crippen LogP contribution in [-0.2, 0) is 14.9 Å². The maximum absolute atomic E-state index is 11.6. The molecule has 0 aliphatic carbocycles. The second-order valence-electron chi connectivity index (χ2n) is 5.12. The molecular weight excluding hydrogens is 270 g/mol. The maximum atomic E-state index is 11.6. The minimum absolute atomic E-state index is 0.241. The van der Waals surface area contributed by atoms with Gasteiger partial charge in [-0.05, 0) is 40.4 Å². The van der Waals surface area contributed by atoms with E-state index in [1.54, 1.807) is 13.8 Å². The summed E-state index contributed by atoms with van der Waals surface area (Å²) in [6.45, 7) is 5.39. The highest BCUT2D eigenvalue weighted by molar-refractivity contribution is 7.85. The minimum atomic E-state index is -4.10. The van der Waals surface area contributed by atoms with Crippen LogP contribution >= 0.6 is 0 Å². The molecule has 0 unspecified atom stereocenters. The number of rotatable bonds is 10. The minimum Gasteiger partial charge on any atom is -0.350 e. The van der Waals surface area contributed by atoms with Crippen molar-refractivity contribution in [2.45, 2.75) is 32.2 Å². The van der Waals surface area contributed by atoms with Gasteiger partial charge in [-0.2, -0.15) is 8.42 Å². The van der Waals surface area contributed by atoms with Crippen LogP contribution in [0, 0.1) is 0 Å². The number of hydrogen-bond acceptors (Lipinski definition) is 5. The lowest BCUT2D eigenvalue weighted by atomic mass is 10.1. The number of carbonyl (C=O) groups is 1. The summed E-state index contributed by atoms with van der Waals surface area (Å²) >= 11 is 0. The van der Waals surface area contributed by atoms with E-state index in [1.165, 1.54) is 0 Å². The number of amides is 1. The molecule has 0 aromatic heterocycles. The number of carbonyl (C=O) groups excluding carboxylic acids is 1. The second kappa shape index (κ2) is 8.47. The van der Waals surface area contributed by atoms with Gasteiger partial charge in [0.2, 0.25) is 5.91 Å². The van der Waals surface area contributed by atoms with Crippen LogP contribution in [0.25, 0.3) is 0 Å². The quantitative estimate of drug-likeness (QED) is 0.315. The molecule has 0 radical (unpaired) electrons. The molecule has 1 amide bonds. The Morgan fingerprint density at radius 2 is 1.84 bits per heavy atom. The van der Waals surface area contributed by atoms with Gasteiger partial charge in [-0.3, -0.25) is 9.35 Å². The Morgan fingerprint density at radius 1 is 1.21 bits per heavy atom. The van der Waals surface area contributed by atoms with Crippen LogP contribution in [0.1, 0.15) is 26.7 Å². The molecule has 0 fully saturated rings. The highest BCUT2D eigenvalue weighted by atomic mass is 32.2. The zero-order valence-electron chi connectivity index (χ0n) is 11.8. The topological polar surface area (TPSA) is 108 Å². The zero-order valence-corrected chi connectivity index (χ0v) is 12.6. The molecule has 0 saturated heterocycles. The van der Waals surface area contributed by atoms with Crippen molar-refractivity contribution in [1.82, 2.24) is 16.0 Å². The molecule has 19 heavy (non-hydrogen) atoms. The van der Waals surface area contributed by atoms with Gasteiger partial charge in [0.15, 0.2) is 0 Å². The van der Waals surface area contributed by atoms with Gasteiger partial charge in [0.1, 0.15) is 0 Å². The summed E-state index contributed by atoms with van der Waals surface area (Å²) in [6.07, 6.45) is 1.25. The Balaban J connectivity index is 3.85. The summed E-state index contributed by atoms with van der Waals surface area (Å²) in [6, 6.07) is 0. The molecule has 0 heterocycles. The van der Waals surface area contributed by atoms with Gasteiger partial charge in [-0.1, -0.05) is 0 Å². The van der Waals surface area contributed by atoms with E-state index >= 15 is 0 Å². The van der Waals surface area contributed by atoms with Crippen LogP contribution < -0.4 is 16.0 Å². The van der Waals surface area contributed by atoms with E-state index in [0.29, 0.717) is 6.54 Å². The summed E-state index contributed by atoms with van der Waals surface area (Å²) < 4.78 is 30.3. The third-order valence-electron chi connectivity index (χ3n) is 2.33. The summed E-state index contributed by atoms with van der Waals surface area (Å²) in [5.41, 5.74) is -0.975. The zero-order chi connectivity index (χ0) is 14.9. The van der Waals surface area contributed by atoms with Crippen LogP contribution in [0.5, 0.6) is 0 Å². The van der Waals surface area contributed by atoms with Gasteiger partial charge >= 0.3 is 0 Å². The van der Waals surface area contributed by atoms with Crippen LogP contribution in [0.4, 0.5) is 0 Å². The lowest BCUT2D eigenvalue weighted by Gasteiger charge is -2.24. The van der Waals surface area contributed by atoms with Crippen LogP contribution in [-0.4, -0.2) is 56.9 Å². The van der Waals surface area contributed by atoms with Crippen molar-refractivity contribution in [3.8, 4) is 0 Å². The van der Waals surface area contributed by atoms with Crippen molar-refractivity contribution in [1.29, 1.82) is 0 Å². The van der Waals surface area contributed by atoms with Crippen molar-refractivity contribution >= 4 is 16.0 Å². The average Bonchev–Trinajstić information content (AvgIpc) is 2.18. The van der Waals surface area contributed by atoms with E-state index < -0.39 is 21.4 Å². The van der Waals surface area contributed by atoms with Crippen LogP contribution in [0.2, 0.25) is 0 Å². The fourth-order valence-electron chi connectivity index (χ4n) is 1.65. The lowest BCUT2D eigenvalue weighted by molar-refractivity contribution is -0.122. The summed E-state index contributed by atoms with van der Waals surface area (Å²) in [7, 11) is -2.22. The van der Waals surface area contributed by atoms with Crippen LogP contribution in [0.3, 0.4) is 0 Å². The summed E-state index contributed by atoms with van der Waals surface area (Å²) in [4.78, 5) is 11.6. The molecule has 0 atom stereocenters. The van der Waals surface area contributed by atoms with Gasteiger partial charge in [-0.25, -0.2) is 0 Å². The molecule has 0 aromatic rings. The largest absolute Gasteiger partial charge is 0.350 e. The van der Waals surface area contributed by atoms with Crippen molar-refractivity contribution < 1.29 is 17.8 Å². The molecule has 0 saturated carbocycles. The molecule has 7 nitrogen and oxygen atoms in total. The Kier molecular flexibility index (Phi) is 8.15. The monoisotopic (exact) mass is 295 g/mol. The van der Waals surface area contributed by atoms with Crippen molar-refractivity contribution in [3.05, 3.63) is 0 Å². The normalized spacial score (nSPS) is 12.4. The predicted octanol–water partition coefficient (Wildman–Crippen LogP) is -0.642. The lowest BCUT2D eigenvalue weighted by Crippen LogP contribution is -2.48. The molecule has 8 heteroatoms. The van der Waals surface area contributed by atoms with E-state index in [0.717, 1.165) is 19.5 Å². The first kappa shape index (κ1) is 18.3. The smallest absolute Gasteiger partial charge is 0.267 e. The molecule has 0 spiro atoms. The second-order valence-corrected chi connectivity index (χ2v) is 6.57. The van der Waals surface area contributed by atoms with E-state index in [-0.39, 0.29) is 12.3 Å². The van der Waals surface area contributed by atoms with E-state index in [1.807, 2.05) is 7.05 Å². The SMILES string of the molecule is CNCCCNCCC(=O)NC(C)(C)CS(=O)(=O)O. The van der Waals surface area contributed by atoms with E-state index in [4.69, 9.17) is 4.55 Å². The molecule has 4 N–H and O–H groups in total. The Hall–Kier alpha value is -0.700. The van der Waals surface area contributed by atoms with Gasteiger partial charge in [0.25, 0.3) is 10.1 Å². The first-order chi connectivity index (χ1) is 8.66. The van der Waals surface area contributed by atoms with Crippen molar-refractivity contribution in [3.63, 3.8) is 0 Å². The highest BCUT2D eigenvalue weighted by Crippen LogP contribution is 2.05. The summed E-state index contributed by atoms with van der Waals surface area (Å²) in [5.74, 6) is -0.740. The van der Waals surface area contributed by atoms with Gasteiger partial charge in [0, 0.05) is 13.0 Å². The Labute approximate surface area is 115 Å². The Morgan fingerprint density at radius 3 is 2.37 bits per heavy atom. The van der Waals surface area contributed by atoms with Gasteiger partial charge in [-0.15, -0.1) is 0 Å². The molecule has 0 rings (SSSR count). The first-order valence-corrected chi connectivity index (χ1v) is 7.89. The van der Waals surface area contributed by atoms with Crippen molar-refractivity contribution in [2.75, 3.05) is 32.4 Å². The molecule has 0 aliphatic rings. The van der Waals surface area contributed by atoms with Crippen LogP contribution in [0.15, 0.2) is 0 Å². The van der Waals surface area contributed by atoms with Crippen molar-refractivity contribution in [2.24, 2.45) is 0 Å². The van der Waals surface area contributed by atoms with E-state index in [9.17, 15) is 13.2 Å². The molecule has 0 aromatic carbocycles. The van der Waals surface area contributed by atoms with Gasteiger partial charge < -0.3 is 16.0 Å². The average molecular weight is 295 g/mol. The summed E-state index contributed by atoms with van der Waals surface area (Å²) in [5, 5.41) is 8.72. The third-order valence-corrected chi connectivity index (χ3v) is 3.42. The number of nitrogens with one attached hydrogen (secondary N) is 3. The van der Waals surface area contributed by atoms with E-state index in [2.05, 4.69) is 16.0 Å². The predicted molar refractivity (Wildman–Crippen MR) is 74.7 cm³/mol. The van der Waals surface area contributed by atoms with Gasteiger partial charge in [0.05, 0.1) is 11.3 Å². The first-order valence-electron chi connectivity index (χ1n) is 6.28. The fourth-order valence-corrected chi connectivity index (χ4v) is 2.63. The molecule has 114 valence electrons. The standard InChI is InChI=1S/C11H25N3O4S/c1-11(2,9-19(16,17)18)14-10(15)5-8-13-7-4-6-12-3/h12-13H,4-9H2,1-3H3,(H,14,15)(H,16,17,18). The maximum Gasteiger partial charge on any atom is 0.267 e. The Bertz CT molecular complexity index is 368. The molecule has 0 bridgehead atoms. The molecule has 0 aliphatic heterocycles. The fraction of sp³-hybridized carbons (Fsp3) is 0.909. The molecular formula is C11H25N3O4S.